The molecule has 2 aromatic rings. The summed E-state index contributed by atoms with van der Waals surface area (Å²) in [5, 5.41) is 11.7. The highest BCUT2D eigenvalue weighted by Gasteiger charge is 2.31. The lowest BCUT2D eigenvalue weighted by Gasteiger charge is -2.36. The number of hydrogen-bond donors (Lipinski definition) is 0. The summed E-state index contributed by atoms with van der Waals surface area (Å²) in [6.07, 6.45) is 7.96. The Morgan fingerprint density at radius 3 is 2.67 bits per heavy atom. The summed E-state index contributed by atoms with van der Waals surface area (Å²) in [4.78, 5) is 44.2. The van der Waals surface area contributed by atoms with Crippen LogP contribution in [0, 0.1) is 16.0 Å². The van der Waals surface area contributed by atoms with E-state index in [1.165, 1.54) is 37.9 Å². The van der Waals surface area contributed by atoms with Crippen molar-refractivity contribution in [1.82, 2.24) is 14.5 Å². The molecule has 2 aliphatic rings. The van der Waals surface area contributed by atoms with E-state index in [9.17, 15) is 19.7 Å². The molecule has 1 saturated carbocycles. The molecule has 2 fully saturated rings. The van der Waals surface area contributed by atoms with E-state index in [0.29, 0.717) is 24.7 Å². The molecule has 0 N–H and O–H groups in total. The van der Waals surface area contributed by atoms with Gasteiger partial charge >= 0.3 is 0 Å². The summed E-state index contributed by atoms with van der Waals surface area (Å²) >= 11 is 0. The Kier molecular flexibility index (Phi) is 5.52. The third-order valence-corrected chi connectivity index (χ3v) is 6.07. The first-order valence-electron chi connectivity index (χ1n) is 10.3. The van der Waals surface area contributed by atoms with Gasteiger partial charge in [0.15, 0.2) is 5.82 Å². The summed E-state index contributed by atoms with van der Waals surface area (Å²) < 4.78 is 1.57. The molecule has 158 valence electrons. The number of hydrogen-bond acceptors (Lipinski definition) is 6. The number of aryl methyl sites for hydroxylation is 1. The fraction of sp³-hybridized carbons (Fsp3) is 0.476. The normalized spacial score (nSPS) is 17.6. The lowest BCUT2D eigenvalue weighted by atomic mass is 10.1. The van der Waals surface area contributed by atoms with Gasteiger partial charge in [-0.05, 0) is 30.9 Å². The third kappa shape index (κ3) is 3.92. The van der Waals surface area contributed by atoms with Crippen molar-refractivity contribution in [3.05, 3.63) is 52.1 Å². The van der Waals surface area contributed by atoms with Gasteiger partial charge in [0.05, 0.1) is 11.5 Å². The number of piperazine rings is 1. The zero-order valence-corrected chi connectivity index (χ0v) is 17.0. The molecule has 2 heterocycles. The number of nitro groups is 1. The van der Waals surface area contributed by atoms with Crippen LogP contribution < -0.4 is 4.90 Å². The maximum absolute atomic E-state index is 12.7. The van der Waals surface area contributed by atoms with Crippen LogP contribution in [0.1, 0.15) is 41.9 Å². The van der Waals surface area contributed by atoms with E-state index >= 15 is 0 Å². The van der Waals surface area contributed by atoms with Crippen molar-refractivity contribution in [2.75, 3.05) is 31.1 Å². The smallest absolute Gasteiger partial charge is 0.293 e. The van der Waals surface area contributed by atoms with E-state index in [2.05, 4.69) is 4.98 Å². The molecule has 0 spiro atoms. The molecule has 0 atom stereocenters. The SMILES string of the molecule is Cn1ccnc1C(=O)c1ccc(N2CCN(CC3CCCC3)C(=O)C2)c([N+](=O)[O-])c1. The van der Waals surface area contributed by atoms with Crippen LogP contribution in [0.4, 0.5) is 11.4 Å². The number of nitrogens with zero attached hydrogens (tertiary/aromatic N) is 5. The Labute approximate surface area is 174 Å². The highest BCUT2D eigenvalue weighted by atomic mass is 16.6. The van der Waals surface area contributed by atoms with Gasteiger partial charge < -0.3 is 14.4 Å². The number of amides is 1. The number of nitro benzene ring substituents is 1. The van der Waals surface area contributed by atoms with Crippen LogP contribution in [-0.4, -0.2) is 57.2 Å². The summed E-state index contributed by atoms with van der Waals surface area (Å²) in [7, 11) is 1.69. The number of carbonyl (C=O) groups excluding carboxylic acids is 2. The first-order chi connectivity index (χ1) is 14.4. The van der Waals surface area contributed by atoms with Crippen LogP contribution in [-0.2, 0) is 11.8 Å². The Morgan fingerprint density at radius 1 is 1.27 bits per heavy atom. The molecule has 1 saturated heterocycles. The topological polar surface area (TPSA) is 102 Å². The summed E-state index contributed by atoms with van der Waals surface area (Å²) in [5.41, 5.74) is 0.392. The quantitative estimate of drug-likeness (QED) is 0.411. The predicted octanol–water partition coefficient (Wildman–Crippen LogP) is 2.40. The van der Waals surface area contributed by atoms with Gasteiger partial charge in [-0.1, -0.05) is 12.8 Å². The minimum atomic E-state index is -0.500. The van der Waals surface area contributed by atoms with E-state index in [-0.39, 0.29) is 35.3 Å². The van der Waals surface area contributed by atoms with E-state index in [0.717, 1.165) is 6.54 Å². The second kappa shape index (κ2) is 8.25. The number of ketones is 1. The highest BCUT2D eigenvalue weighted by molar-refractivity contribution is 6.07. The first-order valence-corrected chi connectivity index (χ1v) is 10.3. The standard InChI is InChI=1S/C21H25N5O4/c1-23-9-8-22-21(23)20(28)16-6-7-17(18(12-16)26(29)30)24-10-11-25(19(27)14-24)13-15-4-2-3-5-15/h6-9,12,15H,2-5,10-11,13-14H2,1H3. The number of anilines is 1. The molecular weight excluding hydrogens is 386 g/mol. The number of benzene rings is 1. The van der Waals surface area contributed by atoms with Crippen LogP contribution in [0.5, 0.6) is 0 Å². The van der Waals surface area contributed by atoms with Gasteiger partial charge in [0.2, 0.25) is 11.7 Å². The molecule has 30 heavy (non-hydrogen) atoms. The Morgan fingerprint density at radius 2 is 2.03 bits per heavy atom. The van der Waals surface area contributed by atoms with Crippen LogP contribution in [0.15, 0.2) is 30.6 Å². The van der Waals surface area contributed by atoms with Crippen molar-refractivity contribution < 1.29 is 14.5 Å². The zero-order valence-electron chi connectivity index (χ0n) is 17.0. The van der Waals surface area contributed by atoms with Gasteiger partial charge in [-0.15, -0.1) is 0 Å². The van der Waals surface area contributed by atoms with Gasteiger partial charge in [0.25, 0.3) is 5.69 Å². The monoisotopic (exact) mass is 411 g/mol. The van der Waals surface area contributed by atoms with Crippen molar-refractivity contribution in [3.8, 4) is 0 Å². The maximum atomic E-state index is 12.7. The number of rotatable bonds is 6. The van der Waals surface area contributed by atoms with Gasteiger partial charge in [-0.25, -0.2) is 4.98 Å². The fourth-order valence-corrected chi connectivity index (χ4v) is 4.40. The largest absolute Gasteiger partial charge is 0.355 e. The molecule has 1 aliphatic heterocycles. The predicted molar refractivity (Wildman–Crippen MR) is 110 cm³/mol. The molecule has 0 radical (unpaired) electrons. The molecule has 1 aromatic carbocycles. The summed E-state index contributed by atoms with van der Waals surface area (Å²) in [6, 6.07) is 4.41. The molecule has 4 rings (SSSR count). The van der Waals surface area contributed by atoms with Crippen molar-refractivity contribution in [1.29, 1.82) is 0 Å². The average molecular weight is 411 g/mol. The van der Waals surface area contributed by atoms with E-state index in [4.69, 9.17) is 0 Å². The Balaban J connectivity index is 1.52. The second-order valence-corrected chi connectivity index (χ2v) is 8.06. The Hall–Kier alpha value is -3.23. The van der Waals surface area contributed by atoms with E-state index in [1.807, 2.05) is 4.90 Å². The van der Waals surface area contributed by atoms with Gasteiger partial charge in [-0.2, -0.15) is 0 Å². The second-order valence-electron chi connectivity index (χ2n) is 8.06. The molecule has 1 aromatic heterocycles. The van der Waals surface area contributed by atoms with E-state index in [1.54, 1.807) is 34.8 Å². The minimum Gasteiger partial charge on any atom is -0.355 e. The van der Waals surface area contributed by atoms with Crippen molar-refractivity contribution >= 4 is 23.1 Å². The van der Waals surface area contributed by atoms with E-state index < -0.39 is 4.92 Å². The minimum absolute atomic E-state index is 0.00406. The zero-order chi connectivity index (χ0) is 21.3. The molecule has 0 unspecified atom stereocenters. The molecule has 9 heteroatoms. The first kappa shape index (κ1) is 20.1. The number of carbonyl (C=O) groups is 2. The van der Waals surface area contributed by atoms with Gasteiger partial charge in [-0.3, -0.25) is 19.7 Å². The number of imidazole rings is 1. The van der Waals surface area contributed by atoms with Crippen molar-refractivity contribution in [2.45, 2.75) is 25.7 Å². The summed E-state index contributed by atoms with van der Waals surface area (Å²) in [5.74, 6) is 0.407. The van der Waals surface area contributed by atoms with Crippen LogP contribution >= 0.6 is 0 Å². The van der Waals surface area contributed by atoms with Crippen molar-refractivity contribution in [2.24, 2.45) is 13.0 Å². The molecule has 1 aliphatic carbocycles. The van der Waals surface area contributed by atoms with Crippen LogP contribution in [0.25, 0.3) is 0 Å². The van der Waals surface area contributed by atoms with Crippen molar-refractivity contribution in [3.63, 3.8) is 0 Å². The van der Waals surface area contributed by atoms with Crippen LogP contribution in [0.3, 0.4) is 0 Å². The maximum Gasteiger partial charge on any atom is 0.293 e. The fourth-order valence-electron chi connectivity index (χ4n) is 4.40. The molecular formula is C21H25N5O4. The lowest BCUT2D eigenvalue weighted by Crippen LogP contribution is -2.51. The summed E-state index contributed by atoms with van der Waals surface area (Å²) in [6.45, 7) is 1.98. The van der Waals surface area contributed by atoms with Crippen LogP contribution in [0.2, 0.25) is 0 Å². The number of aromatic nitrogens is 2. The molecule has 0 bridgehead atoms. The third-order valence-electron chi connectivity index (χ3n) is 6.07. The molecule has 9 nitrogen and oxygen atoms in total. The lowest BCUT2D eigenvalue weighted by molar-refractivity contribution is -0.384. The van der Waals surface area contributed by atoms with Gasteiger partial charge in [0, 0.05) is 50.7 Å². The average Bonchev–Trinajstić information content (AvgIpc) is 3.40. The highest BCUT2D eigenvalue weighted by Crippen LogP contribution is 2.32. The van der Waals surface area contributed by atoms with Gasteiger partial charge in [0.1, 0.15) is 5.69 Å². The molecule has 1 amide bonds. The Bertz CT molecular complexity index is 980.